The summed E-state index contributed by atoms with van der Waals surface area (Å²) in [6.45, 7) is 0.668. The summed E-state index contributed by atoms with van der Waals surface area (Å²) in [5.74, 6) is 1.13. The van der Waals surface area contributed by atoms with Crippen LogP contribution in [0.1, 0.15) is 37.7 Å². The fourth-order valence-corrected chi connectivity index (χ4v) is 5.34. The van der Waals surface area contributed by atoms with Crippen molar-refractivity contribution >= 4 is 26.8 Å². The van der Waals surface area contributed by atoms with Gasteiger partial charge in [-0.05, 0) is 72.3 Å². The summed E-state index contributed by atoms with van der Waals surface area (Å²) < 4.78 is 37.9. The molecule has 0 radical (unpaired) electrons. The van der Waals surface area contributed by atoms with Gasteiger partial charge in [0.1, 0.15) is 5.75 Å². The van der Waals surface area contributed by atoms with Crippen molar-refractivity contribution in [2.75, 3.05) is 20.8 Å². The topological polar surface area (TPSA) is 81.7 Å². The van der Waals surface area contributed by atoms with Gasteiger partial charge in [0, 0.05) is 12.0 Å². The number of nitrogens with one attached hydrogen (secondary N) is 1. The number of fused-ring (bicyclic) bond motifs is 1. The quantitative estimate of drug-likeness (QED) is 0.431. The average molecular weight is 482 g/mol. The van der Waals surface area contributed by atoms with E-state index in [2.05, 4.69) is 4.72 Å². The summed E-state index contributed by atoms with van der Waals surface area (Å²) >= 11 is 0. The molecule has 1 saturated carbocycles. The van der Waals surface area contributed by atoms with E-state index in [1.165, 1.54) is 39.8 Å². The van der Waals surface area contributed by atoms with Crippen molar-refractivity contribution in [3.05, 3.63) is 60.2 Å². The molecule has 1 fully saturated rings. The first-order valence-electron chi connectivity index (χ1n) is 11.7. The predicted octanol–water partition coefficient (Wildman–Crippen LogP) is 5.09. The van der Waals surface area contributed by atoms with E-state index in [0.29, 0.717) is 25.4 Å². The fourth-order valence-electron chi connectivity index (χ4n) is 4.57. The number of para-hydroxylation sites is 1. The van der Waals surface area contributed by atoms with E-state index < -0.39 is 10.0 Å². The molecular formula is C27H31NO5S. The van der Waals surface area contributed by atoms with Gasteiger partial charge in [-0.1, -0.05) is 49.2 Å². The highest BCUT2D eigenvalue weighted by atomic mass is 32.2. The van der Waals surface area contributed by atoms with Crippen molar-refractivity contribution < 1.29 is 22.7 Å². The van der Waals surface area contributed by atoms with Crippen molar-refractivity contribution in [2.24, 2.45) is 5.92 Å². The first-order valence-corrected chi connectivity index (χ1v) is 13.2. The molecule has 3 aromatic carbocycles. The largest absolute Gasteiger partial charge is 0.492 e. The number of carbonyl (C=O) groups is 1. The lowest BCUT2D eigenvalue weighted by Gasteiger charge is -2.19. The normalized spacial score (nSPS) is 14.4. The molecule has 0 atom stereocenters. The Morgan fingerprint density at radius 2 is 1.76 bits per heavy atom. The summed E-state index contributed by atoms with van der Waals surface area (Å²) in [4.78, 5) is 12.0. The Labute approximate surface area is 201 Å². The van der Waals surface area contributed by atoms with E-state index in [4.69, 9.17) is 9.47 Å². The second-order valence-corrected chi connectivity index (χ2v) is 10.6. The third kappa shape index (κ3) is 5.42. The maximum Gasteiger partial charge on any atom is 0.305 e. The number of sulfonamides is 1. The highest BCUT2D eigenvalue weighted by Crippen LogP contribution is 2.37. The number of hydrogen-bond acceptors (Lipinski definition) is 5. The Kier molecular flexibility index (Phi) is 7.54. The van der Waals surface area contributed by atoms with Crippen LogP contribution in [0, 0.1) is 5.92 Å². The first-order chi connectivity index (χ1) is 16.4. The van der Waals surface area contributed by atoms with Crippen LogP contribution in [0.2, 0.25) is 0 Å². The van der Waals surface area contributed by atoms with E-state index in [0.717, 1.165) is 33.2 Å². The average Bonchev–Trinajstić information content (AvgIpc) is 3.39. The minimum atomic E-state index is -3.50. The molecular weight excluding hydrogens is 450 g/mol. The highest BCUT2D eigenvalue weighted by Gasteiger charge is 2.19. The van der Waals surface area contributed by atoms with E-state index >= 15 is 0 Å². The number of esters is 1. The van der Waals surface area contributed by atoms with E-state index in [1.807, 2.05) is 42.5 Å². The number of ether oxygens (including phenoxy) is 2. The minimum absolute atomic E-state index is 0.237. The van der Waals surface area contributed by atoms with Crippen LogP contribution in [0.25, 0.3) is 21.9 Å². The van der Waals surface area contributed by atoms with Crippen LogP contribution >= 0.6 is 0 Å². The third-order valence-corrected chi connectivity index (χ3v) is 7.97. The second-order valence-electron chi connectivity index (χ2n) is 8.76. The molecule has 180 valence electrons. The van der Waals surface area contributed by atoms with Gasteiger partial charge in [-0.15, -0.1) is 0 Å². The maximum atomic E-state index is 12.2. The van der Waals surface area contributed by atoms with Gasteiger partial charge in [-0.3, -0.25) is 4.79 Å². The molecule has 1 aliphatic rings. The standard InChI is InChI=1S/C27H31NO5S/c1-28-34(30,31)24-14-12-21-16-23(11-10-22(21)17-24)25-9-5-8-20(13-15-26(29)32-2)27(25)33-18-19-6-3-4-7-19/h5,8-12,14,16-17,19,28H,3-4,6-7,13,15,18H2,1-2H3. The molecule has 6 nitrogen and oxygen atoms in total. The molecule has 7 heteroatoms. The molecule has 1 N–H and O–H groups in total. The Morgan fingerprint density at radius 1 is 1.03 bits per heavy atom. The number of hydrogen-bond donors (Lipinski definition) is 1. The van der Waals surface area contributed by atoms with Crippen LogP contribution in [0.15, 0.2) is 59.5 Å². The molecule has 34 heavy (non-hydrogen) atoms. The van der Waals surface area contributed by atoms with Crippen molar-refractivity contribution in [3.63, 3.8) is 0 Å². The van der Waals surface area contributed by atoms with Crippen LogP contribution in [0.5, 0.6) is 5.75 Å². The van der Waals surface area contributed by atoms with Crippen LogP contribution in [-0.2, 0) is 26.0 Å². The Morgan fingerprint density at radius 3 is 2.50 bits per heavy atom. The predicted molar refractivity (Wildman–Crippen MR) is 133 cm³/mol. The van der Waals surface area contributed by atoms with Crippen LogP contribution in [-0.4, -0.2) is 35.2 Å². The number of rotatable bonds is 9. The molecule has 0 aliphatic heterocycles. The van der Waals surface area contributed by atoms with Crippen LogP contribution in [0.4, 0.5) is 0 Å². The van der Waals surface area contributed by atoms with Gasteiger partial charge in [0.2, 0.25) is 10.0 Å². The van der Waals surface area contributed by atoms with Gasteiger partial charge < -0.3 is 9.47 Å². The van der Waals surface area contributed by atoms with E-state index in [-0.39, 0.29) is 10.9 Å². The van der Waals surface area contributed by atoms with E-state index in [1.54, 1.807) is 12.1 Å². The van der Waals surface area contributed by atoms with Gasteiger partial charge in [0.25, 0.3) is 0 Å². The van der Waals surface area contributed by atoms with Crippen molar-refractivity contribution in [1.82, 2.24) is 4.72 Å². The van der Waals surface area contributed by atoms with Crippen LogP contribution in [0.3, 0.4) is 0 Å². The lowest BCUT2D eigenvalue weighted by molar-refractivity contribution is -0.140. The number of benzene rings is 3. The van der Waals surface area contributed by atoms with Gasteiger partial charge in [0.15, 0.2) is 0 Å². The van der Waals surface area contributed by atoms with Crippen molar-refractivity contribution in [2.45, 2.75) is 43.4 Å². The molecule has 3 aromatic rings. The van der Waals surface area contributed by atoms with E-state index in [9.17, 15) is 13.2 Å². The molecule has 0 bridgehead atoms. The molecule has 0 aromatic heterocycles. The summed E-state index contributed by atoms with van der Waals surface area (Å²) in [5.41, 5.74) is 2.93. The molecule has 0 saturated heterocycles. The fraction of sp³-hybridized carbons (Fsp3) is 0.370. The number of methoxy groups -OCH3 is 1. The minimum Gasteiger partial charge on any atom is -0.492 e. The molecule has 0 amide bonds. The molecule has 4 rings (SSSR count). The molecule has 1 aliphatic carbocycles. The molecule has 0 spiro atoms. The lowest BCUT2D eigenvalue weighted by Crippen LogP contribution is -2.18. The summed E-state index contributed by atoms with van der Waals surface area (Å²) in [5, 5.41) is 1.78. The number of carbonyl (C=O) groups excluding carboxylic acids is 1. The van der Waals surface area contributed by atoms with Crippen molar-refractivity contribution in [3.8, 4) is 16.9 Å². The smallest absolute Gasteiger partial charge is 0.305 e. The van der Waals surface area contributed by atoms with Gasteiger partial charge >= 0.3 is 5.97 Å². The van der Waals surface area contributed by atoms with Crippen molar-refractivity contribution in [1.29, 1.82) is 0 Å². The zero-order valence-electron chi connectivity index (χ0n) is 19.7. The zero-order chi connectivity index (χ0) is 24.1. The van der Waals surface area contributed by atoms with Gasteiger partial charge in [-0.2, -0.15) is 0 Å². The summed E-state index contributed by atoms with van der Waals surface area (Å²) in [6, 6.07) is 17.1. The van der Waals surface area contributed by atoms with Gasteiger partial charge in [0.05, 0.1) is 18.6 Å². The monoisotopic (exact) mass is 481 g/mol. The highest BCUT2D eigenvalue weighted by molar-refractivity contribution is 7.89. The summed E-state index contributed by atoms with van der Waals surface area (Å²) in [7, 11) is -0.696. The third-order valence-electron chi connectivity index (χ3n) is 6.56. The maximum absolute atomic E-state index is 12.2. The lowest BCUT2D eigenvalue weighted by atomic mass is 9.96. The SMILES string of the molecule is CNS(=O)(=O)c1ccc2cc(-c3cccc(CCC(=O)OC)c3OCC3CCCC3)ccc2c1. The zero-order valence-corrected chi connectivity index (χ0v) is 20.5. The Balaban J connectivity index is 1.70. The van der Waals surface area contributed by atoms with Crippen LogP contribution < -0.4 is 9.46 Å². The molecule has 0 heterocycles. The molecule has 0 unspecified atom stereocenters. The second kappa shape index (κ2) is 10.6. The Bertz CT molecular complexity index is 1280. The first kappa shape index (κ1) is 24.2. The van der Waals surface area contributed by atoms with Gasteiger partial charge in [-0.25, -0.2) is 13.1 Å². The Hall–Kier alpha value is -2.90. The summed E-state index contributed by atoms with van der Waals surface area (Å²) in [6.07, 6.45) is 5.71. The number of aryl methyl sites for hydroxylation is 1.